The van der Waals surface area contributed by atoms with Crippen molar-refractivity contribution in [2.45, 2.75) is 20.0 Å². The summed E-state index contributed by atoms with van der Waals surface area (Å²) in [4.78, 5) is 12.6. The predicted octanol–water partition coefficient (Wildman–Crippen LogP) is 2.14. The summed E-state index contributed by atoms with van der Waals surface area (Å²) in [5.74, 6) is 0.453. The summed E-state index contributed by atoms with van der Waals surface area (Å²) in [6, 6.07) is 7.37. The van der Waals surface area contributed by atoms with E-state index in [9.17, 15) is 4.79 Å². The second kappa shape index (κ2) is 6.29. The van der Waals surface area contributed by atoms with Gasteiger partial charge in [-0.05, 0) is 36.2 Å². The molecule has 0 aliphatic carbocycles. The van der Waals surface area contributed by atoms with Gasteiger partial charge in [-0.2, -0.15) is 0 Å². The SMILES string of the molecule is COc1cccc(CC(=O)OCc2snnc2C)c1. The highest BCUT2D eigenvalue weighted by Crippen LogP contribution is 2.14. The van der Waals surface area contributed by atoms with Gasteiger partial charge in [-0.25, -0.2) is 0 Å². The van der Waals surface area contributed by atoms with E-state index < -0.39 is 0 Å². The third-order valence-electron chi connectivity index (χ3n) is 2.59. The van der Waals surface area contributed by atoms with Crippen LogP contribution in [-0.4, -0.2) is 22.7 Å². The van der Waals surface area contributed by atoms with E-state index in [-0.39, 0.29) is 19.0 Å². The Morgan fingerprint density at radius 3 is 2.95 bits per heavy atom. The van der Waals surface area contributed by atoms with Crippen molar-refractivity contribution >= 4 is 17.5 Å². The number of hydrogen-bond donors (Lipinski definition) is 0. The minimum absolute atomic E-state index is 0.225. The molecule has 0 atom stereocenters. The lowest BCUT2D eigenvalue weighted by molar-refractivity contribution is -0.144. The zero-order chi connectivity index (χ0) is 13.7. The van der Waals surface area contributed by atoms with Crippen LogP contribution in [0.4, 0.5) is 0 Å². The van der Waals surface area contributed by atoms with E-state index in [1.165, 1.54) is 11.5 Å². The van der Waals surface area contributed by atoms with Gasteiger partial charge in [0.05, 0.1) is 24.1 Å². The number of esters is 1. The van der Waals surface area contributed by atoms with Gasteiger partial charge in [0.2, 0.25) is 0 Å². The fourth-order valence-electron chi connectivity index (χ4n) is 1.53. The van der Waals surface area contributed by atoms with Crippen LogP contribution in [0.2, 0.25) is 0 Å². The Hall–Kier alpha value is -1.95. The van der Waals surface area contributed by atoms with Gasteiger partial charge in [0, 0.05) is 0 Å². The Balaban J connectivity index is 1.89. The van der Waals surface area contributed by atoms with Crippen LogP contribution < -0.4 is 4.74 Å². The van der Waals surface area contributed by atoms with Crippen molar-refractivity contribution in [3.05, 3.63) is 40.4 Å². The molecule has 19 heavy (non-hydrogen) atoms. The van der Waals surface area contributed by atoms with E-state index in [4.69, 9.17) is 9.47 Å². The number of nitrogens with zero attached hydrogens (tertiary/aromatic N) is 2. The van der Waals surface area contributed by atoms with Crippen molar-refractivity contribution in [3.8, 4) is 5.75 Å². The number of rotatable bonds is 5. The van der Waals surface area contributed by atoms with Crippen LogP contribution >= 0.6 is 11.5 Å². The van der Waals surface area contributed by atoms with E-state index in [0.717, 1.165) is 21.9 Å². The van der Waals surface area contributed by atoms with Gasteiger partial charge in [-0.15, -0.1) is 5.10 Å². The Kier molecular flexibility index (Phi) is 4.46. The zero-order valence-corrected chi connectivity index (χ0v) is 11.6. The molecular formula is C13H14N2O3S. The smallest absolute Gasteiger partial charge is 0.310 e. The van der Waals surface area contributed by atoms with Gasteiger partial charge in [-0.3, -0.25) is 4.79 Å². The highest BCUT2D eigenvalue weighted by atomic mass is 32.1. The number of benzene rings is 1. The lowest BCUT2D eigenvalue weighted by Gasteiger charge is -2.05. The van der Waals surface area contributed by atoms with Crippen molar-refractivity contribution in [3.63, 3.8) is 0 Å². The molecule has 0 radical (unpaired) electrons. The molecule has 1 heterocycles. The van der Waals surface area contributed by atoms with E-state index in [2.05, 4.69) is 9.59 Å². The molecule has 0 amide bonds. The molecule has 0 aliphatic rings. The van der Waals surface area contributed by atoms with Crippen LogP contribution in [0.3, 0.4) is 0 Å². The second-order valence-electron chi connectivity index (χ2n) is 3.97. The first-order valence-electron chi connectivity index (χ1n) is 5.75. The molecule has 0 unspecified atom stereocenters. The molecule has 6 heteroatoms. The lowest BCUT2D eigenvalue weighted by atomic mass is 10.1. The maximum Gasteiger partial charge on any atom is 0.310 e. The molecule has 0 saturated heterocycles. The topological polar surface area (TPSA) is 61.3 Å². The molecule has 0 bridgehead atoms. The summed E-state index contributed by atoms with van der Waals surface area (Å²) in [6.07, 6.45) is 0.225. The Morgan fingerprint density at radius 2 is 2.26 bits per heavy atom. The van der Waals surface area contributed by atoms with Crippen molar-refractivity contribution in [1.82, 2.24) is 9.59 Å². The molecule has 1 aromatic carbocycles. The maximum atomic E-state index is 11.7. The fourth-order valence-corrected chi connectivity index (χ4v) is 2.08. The fraction of sp³-hybridized carbons (Fsp3) is 0.308. The average Bonchev–Trinajstić information content (AvgIpc) is 2.82. The van der Waals surface area contributed by atoms with Crippen LogP contribution in [0.25, 0.3) is 0 Å². The Morgan fingerprint density at radius 1 is 1.42 bits per heavy atom. The summed E-state index contributed by atoms with van der Waals surface area (Å²) in [5, 5.41) is 3.86. The van der Waals surface area contributed by atoms with Crippen molar-refractivity contribution in [2.75, 3.05) is 7.11 Å². The Bertz CT molecular complexity index is 569. The lowest BCUT2D eigenvalue weighted by Crippen LogP contribution is -2.08. The molecule has 0 spiro atoms. The van der Waals surface area contributed by atoms with Crippen LogP contribution in [0, 0.1) is 6.92 Å². The molecule has 0 aliphatic heterocycles. The number of carbonyl (C=O) groups excluding carboxylic acids is 1. The van der Waals surface area contributed by atoms with Crippen LogP contribution in [0.5, 0.6) is 5.75 Å². The van der Waals surface area contributed by atoms with Crippen molar-refractivity contribution < 1.29 is 14.3 Å². The van der Waals surface area contributed by atoms with Gasteiger partial charge < -0.3 is 9.47 Å². The van der Waals surface area contributed by atoms with Gasteiger partial charge in [0.25, 0.3) is 0 Å². The van der Waals surface area contributed by atoms with E-state index >= 15 is 0 Å². The number of methoxy groups -OCH3 is 1. The maximum absolute atomic E-state index is 11.7. The summed E-state index contributed by atoms with van der Waals surface area (Å²) in [7, 11) is 1.59. The van der Waals surface area contributed by atoms with Gasteiger partial charge >= 0.3 is 5.97 Å². The molecule has 100 valence electrons. The normalized spacial score (nSPS) is 10.2. The zero-order valence-electron chi connectivity index (χ0n) is 10.8. The number of carbonyl (C=O) groups is 1. The highest BCUT2D eigenvalue weighted by Gasteiger charge is 2.09. The van der Waals surface area contributed by atoms with E-state index in [0.29, 0.717) is 0 Å². The predicted molar refractivity (Wildman–Crippen MR) is 71.1 cm³/mol. The molecular weight excluding hydrogens is 264 g/mol. The summed E-state index contributed by atoms with van der Waals surface area (Å²) < 4.78 is 14.1. The molecule has 2 aromatic rings. The quantitative estimate of drug-likeness (QED) is 0.784. The molecule has 0 saturated carbocycles. The molecule has 5 nitrogen and oxygen atoms in total. The number of ether oxygens (including phenoxy) is 2. The highest BCUT2D eigenvalue weighted by molar-refractivity contribution is 7.05. The third-order valence-corrected chi connectivity index (χ3v) is 3.39. The first kappa shape index (κ1) is 13.5. The number of aromatic nitrogens is 2. The largest absolute Gasteiger partial charge is 0.497 e. The van der Waals surface area contributed by atoms with E-state index in [1.807, 2.05) is 31.2 Å². The first-order chi connectivity index (χ1) is 9.19. The minimum Gasteiger partial charge on any atom is -0.497 e. The third kappa shape index (κ3) is 3.75. The molecule has 0 fully saturated rings. The average molecular weight is 278 g/mol. The second-order valence-corrected chi connectivity index (χ2v) is 4.81. The molecule has 2 rings (SSSR count). The Labute approximate surface area is 115 Å². The minimum atomic E-state index is -0.277. The summed E-state index contributed by atoms with van der Waals surface area (Å²) >= 11 is 1.25. The first-order valence-corrected chi connectivity index (χ1v) is 6.53. The van der Waals surface area contributed by atoms with Gasteiger partial charge in [0.15, 0.2) is 0 Å². The summed E-state index contributed by atoms with van der Waals surface area (Å²) in [5.41, 5.74) is 1.67. The standard InChI is InChI=1S/C13H14N2O3S/c1-9-12(19-15-14-9)8-18-13(16)7-10-4-3-5-11(6-10)17-2/h3-6H,7-8H2,1-2H3. The molecule has 1 aromatic heterocycles. The van der Waals surface area contributed by atoms with E-state index in [1.54, 1.807) is 7.11 Å². The van der Waals surface area contributed by atoms with Crippen LogP contribution in [-0.2, 0) is 22.6 Å². The molecule has 0 N–H and O–H groups in total. The van der Waals surface area contributed by atoms with Gasteiger partial charge in [-0.1, -0.05) is 16.6 Å². The number of aryl methyl sites for hydroxylation is 1. The van der Waals surface area contributed by atoms with Crippen molar-refractivity contribution in [1.29, 1.82) is 0 Å². The number of hydrogen-bond acceptors (Lipinski definition) is 6. The van der Waals surface area contributed by atoms with Crippen LogP contribution in [0.1, 0.15) is 16.1 Å². The van der Waals surface area contributed by atoms with Crippen LogP contribution in [0.15, 0.2) is 24.3 Å². The van der Waals surface area contributed by atoms with Gasteiger partial charge in [0.1, 0.15) is 12.4 Å². The summed E-state index contributed by atoms with van der Waals surface area (Å²) in [6.45, 7) is 2.07. The van der Waals surface area contributed by atoms with Crippen molar-refractivity contribution in [2.24, 2.45) is 0 Å². The monoisotopic (exact) mass is 278 g/mol.